The monoisotopic (exact) mass is 360 g/mol. The van der Waals surface area contributed by atoms with Crippen LogP contribution in [0, 0.1) is 11.6 Å². The molecule has 0 saturated carbocycles. The summed E-state index contributed by atoms with van der Waals surface area (Å²) >= 11 is 1.61. The SMILES string of the molecule is CC(c1ccc(F)cc1F)N1CCN(c2ncnc3sccc23)CC1. The normalized spacial score (nSPS) is 17.2. The molecule has 130 valence electrons. The molecule has 1 aliphatic rings. The lowest BCUT2D eigenvalue weighted by Gasteiger charge is -2.38. The number of halogens is 2. The number of fused-ring (bicyclic) bond motifs is 1. The topological polar surface area (TPSA) is 32.3 Å². The highest BCUT2D eigenvalue weighted by atomic mass is 32.1. The van der Waals surface area contributed by atoms with E-state index in [2.05, 4.69) is 25.8 Å². The van der Waals surface area contributed by atoms with Gasteiger partial charge in [0.1, 0.15) is 28.6 Å². The maximum atomic E-state index is 14.0. The van der Waals surface area contributed by atoms with E-state index in [0.717, 1.165) is 48.3 Å². The summed E-state index contributed by atoms with van der Waals surface area (Å²) in [6.07, 6.45) is 1.61. The van der Waals surface area contributed by atoms with Gasteiger partial charge in [0.2, 0.25) is 0 Å². The summed E-state index contributed by atoms with van der Waals surface area (Å²) in [6.45, 7) is 5.19. The molecule has 3 aromatic rings. The number of rotatable bonds is 3. The molecule has 0 radical (unpaired) electrons. The van der Waals surface area contributed by atoms with Gasteiger partial charge in [-0.3, -0.25) is 4.90 Å². The zero-order valence-electron chi connectivity index (χ0n) is 13.8. The molecule has 4 nitrogen and oxygen atoms in total. The van der Waals surface area contributed by atoms with E-state index >= 15 is 0 Å². The minimum Gasteiger partial charge on any atom is -0.353 e. The van der Waals surface area contributed by atoms with Gasteiger partial charge in [-0.15, -0.1) is 11.3 Å². The lowest BCUT2D eigenvalue weighted by atomic mass is 10.1. The van der Waals surface area contributed by atoms with Crippen molar-refractivity contribution in [2.24, 2.45) is 0 Å². The minimum absolute atomic E-state index is 0.0886. The maximum Gasteiger partial charge on any atom is 0.140 e. The zero-order valence-corrected chi connectivity index (χ0v) is 14.6. The highest BCUT2D eigenvalue weighted by molar-refractivity contribution is 7.16. The van der Waals surface area contributed by atoms with Crippen LogP contribution >= 0.6 is 11.3 Å². The van der Waals surface area contributed by atoms with Crippen LogP contribution in [0.1, 0.15) is 18.5 Å². The molecule has 4 rings (SSSR count). The van der Waals surface area contributed by atoms with Crippen LogP contribution in [0.5, 0.6) is 0 Å². The van der Waals surface area contributed by atoms with Gasteiger partial charge in [-0.25, -0.2) is 18.7 Å². The van der Waals surface area contributed by atoms with Crippen molar-refractivity contribution < 1.29 is 8.78 Å². The largest absolute Gasteiger partial charge is 0.353 e. The molecule has 0 aliphatic carbocycles. The van der Waals surface area contributed by atoms with Crippen LogP contribution in [0.3, 0.4) is 0 Å². The van der Waals surface area contributed by atoms with Gasteiger partial charge in [-0.2, -0.15) is 0 Å². The molecule has 1 unspecified atom stereocenters. The van der Waals surface area contributed by atoms with Gasteiger partial charge < -0.3 is 4.90 Å². The maximum absolute atomic E-state index is 14.0. The molecule has 1 aromatic carbocycles. The first-order valence-corrected chi connectivity index (χ1v) is 9.13. The second-order valence-electron chi connectivity index (χ2n) is 6.20. The van der Waals surface area contributed by atoms with E-state index in [1.165, 1.54) is 6.07 Å². The molecule has 0 bridgehead atoms. The Kier molecular flexibility index (Phi) is 4.35. The number of hydrogen-bond donors (Lipinski definition) is 0. The second kappa shape index (κ2) is 6.65. The third-order valence-corrected chi connectivity index (χ3v) is 5.64. The fourth-order valence-electron chi connectivity index (χ4n) is 3.39. The number of aromatic nitrogens is 2. The molecule has 1 atom stereocenters. The Morgan fingerprint density at radius 3 is 2.64 bits per heavy atom. The van der Waals surface area contributed by atoms with Crippen molar-refractivity contribution in [2.75, 3.05) is 31.1 Å². The number of benzene rings is 1. The third-order valence-electron chi connectivity index (χ3n) is 4.81. The van der Waals surface area contributed by atoms with E-state index < -0.39 is 11.6 Å². The molecule has 25 heavy (non-hydrogen) atoms. The van der Waals surface area contributed by atoms with Crippen LogP contribution in [-0.2, 0) is 0 Å². The van der Waals surface area contributed by atoms with Crippen LogP contribution in [0.15, 0.2) is 36.0 Å². The molecular weight excluding hydrogens is 342 g/mol. The fraction of sp³-hybridized carbons (Fsp3) is 0.333. The van der Waals surface area contributed by atoms with Crippen molar-refractivity contribution >= 4 is 27.4 Å². The quantitative estimate of drug-likeness (QED) is 0.710. The molecular formula is C18H18F2N4S. The number of nitrogens with zero attached hydrogens (tertiary/aromatic N) is 4. The van der Waals surface area contributed by atoms with Crippen LogP contribution in [0.4, 0.5) is 14.6 Å². The van der Waals surface area contributed by atoms with E-state index in [1.807, 2.05) is 12.3 Å². The van der Waals surface area contributed by atoms with Crippen LogP contribution in [0.25, 0.3) is 10.2 Å². The van der Waals surface area contributed by atoms with E-state index in [9.17, 15) is 8.78 Å². The summed E-state index contributed by atoms with van der Waals surface area (Å²) in [5, 5.41) is 3.11. The average Bonchev–Trinajstić information content (AvgIpc) is 3.10. The van der Waals surface area contributed by atoms with Crippen molar-refractivity contribution in [2.45, 2.75) is 13.0 Å². The Morgan fingerprint density at radius 2 is 1.88 bits per heavy atom. The van der Waals surface area contributed by atoms with Crippen molar-refractivity contribution in [3.63, 3.8) is 0 Å². The zero-order chi connectivity index (χ0) is 17.4. The number of piperazine rings is 1. The molecule has 1 aliphatic heterocycles. The van der Waals surface area contributed by atoms with Crippen LogP contribution in [-0.4, -0.2) is 41.0 Å². The standard InChI is InChI=1S/C18H18F2N4S/c1-12(14-3-2-13(19)10-16(14)20)23-5-7-24(8-6-23)17-15-4-9-25-18(15)22-11-21-17/h2-4,9-12H,5-8H2,1H3. The van der Waals surface area contributed by atoms with Gasteiger partial charge in [0.15, 0.2) is 0 Å². The lowest BCUT2D eigenvalue weighted by molar-refractivity contribution is 0.194. The molecule has 0 N–H and O–H groups in total. The Morgan fingerprint density at radius 1 is 1.08 bits per heavy atom. The fourth-order valence-corrected chi connectivity index (χ4v) is 4.11. The number of thiophene rings is 1. The van der Waals surface area contributed by atoms with Gasteiger partial charge in [-0.1, -0.05) is 6.07 Å². The van der Waals surface area contributed by atoms with Gasteiger partial charge in [0.05, 0.1) is 5.39 Å². The molecule has 0 amide bonds. The number of anilines is 1. The summed E-state index contributed by atoms with van der Waals surface area (Å²) < 4.78 is 27.2. The van der Waals surface area contributed by atoms with Crippen molar-refractivity contribution in [3.8, 4) is 0 Å². The third kappa shape index (κ3) is 3.09. The van der Waals surface area contributed by atoms with Crippen molar-refractivity contribution in [1.82, 2.24) is 14.9 Å². The smallest absolute Gasteiger partial charge is 0.140 e. The van der Waals surface area contributed by atoms with Gasteiger partial charge in [-0.05, 0) is 24.4 Å². The molecule has 3 heterocycles. The van der Waals surface area contributed by atoms with Crippen LogP contribution in [0.2, 0.25) is 0 Å². The van der Waals surface area contributed by atoms with Gasteiger partial charge in [0.25, 0.3) is 0 Å². The van der Waals surface area contributed by atoms with E-state index in [1.54, 1.807) is 23.7 Å². The Bertz CT molecular complexity index is 890. The predicted octanol–water partition coefficient (Wildman–Crippen LogP) is 3.85. The predicted molar refractivity (Wildman–Crippen MR) is 96.0 cm³/mol. The Balaban J connectivity index is 1.48. The van der Waals surface area contributed by atoms with E-state index in [0.29, 0.717) is 5.56 Å². The molecule has 1 fully saturated rings. The second-order valence-corrected chi connectivity index (χ2v) is 7.10. The molecule has 7 heteroatoms. The Labute approximate surface area is 148 Å². The van der Waals surface area contributed by atoms with Crippen molar-refractivity contribution in [1.29, 1.82) is 0 Å². The lowest BCUT2D eigenvalue weighted by Crippen LogP contribution is -2.47. The molecule has 2 aromatic heterocycles. The van der Waals surface area contributed by atoms with Gasteiger partial charge >= 0.3 is 0 Å². The molecule has 1 saturated heterocycles. The minimum atomic E-state index is -0.540. The average molecular weight is 360 g/mol. The van der Waals surface area contributed by atoms with E-state index in [4.69, 9.17) is 0 Å². The van der Waals surface area contributed by atoms with E-state index in [-0.39, 0.29) is 6.04 Å². The summed E-state index contributed by atoms with van der Waals surface area (Å²) in [5.74, 6) is -0.0564. The molecule has 0 spiro atoms. The highest BCUT2D eigenvalue weighted by Gasteiger charge is 2.25. The summed E-state index contributed by atoms with van der Waals surface area (Å²) in [4.78, 5) is 14.2. The first kappa shape index (κ1) is 16.4. The van der Waals surface area contributed by atoms with Crippen molar-refractivity contribution in [3.05, 3.63) is 53.2 Å². The first-order valence-electron chi connectivity index (χ1n) is 8.25. The summed E-state index contributed by atoms with van der Waals surface area (Å²) in [5.41, 5.74) is 0.539. The summed E-state index contributed by atoms with van der Waals surface area (Å²) in [6, 6.07) is 5.78. The highest BCUT2D eigenvalue weighted by Crippen LogP contribution is 2.29. The van der Waals surface area contributed by atoms with Gasteiger partial charge in [0, 0.05) is 43.9 Å². The summed E-state index contributed by atoms with van der Waals surface area (Å²) in [7, 11) is 0. The first-order chi connectivity index (χ1) is 12.1. The number of hydrogen-bond acceptors (Lipinski definition) is 5. The van der Waals surface area contributed by atoms with Crippen LogP contribution < -0.4 is 4.90 Å². The Hall–Kier alpha value is -2.12.